The molecule has 3 aliphatic heterocycles. The van der Waals surface area contributed by atoms with E-state index in [2.05, 4.69) is 45.6 Å². The molecule has 38 heavy (non-hydrogen) atoms. The summed E-state index contributed by atoms with van der Waals surface area (Å²) < 4.78 is 0. The molecule has 3 aromatic rings. The van der Waals surface area contributed by atoms with Gasteiger partial charge in [-0.3, -0.25) is 29.7 Å². The molecule has 3 amide bonds. The lowest BCUT2D eigenvalue weighted by Crippen LogP contribution is -2.61. The number of piperidine rings is 1. The molecular formula is C28H33N7O3. The Morgan fingerprint density at radius 3 is 2.66 bits per heavy atom. The van der Waals surface area contributed by atoms with Crippen molar-refractivity contribution in [3.8, 4) is 11.3 Å². The van der Waals surface area contributed by atoms with Crippen LogP contribution in [0.5, 0.6) is 0 Å². The first-order chi connectivity index (χ1) is 18.2. The van der Waals surface area contributed by atoms with Crippen molar-refractivity contribution in [3.63, 3.8) is 0 Å². The highest BCUT2D eigenvalue weighted by Crippen LogP contribution is 2.36. The summed E-state index contributed by atoms with van der Waals surface area (Å²) in [5.74, 6) is -0.169. The first kappa shape index (κ1) is 24.5. The number of hydrogen-bond acceptors (Lipinski definition) is 7. The maximum Gasteiger partial charge on any atom is 0.255 e. The first-order valence-corrected chi connectivity index (χ1v) is 13.4. The van der Waals surface area contributed by atoms with Crippen LogP contribution in [0.4, 0.5) is 5.82 Å². The van der Waals surface area contributed by atoms with Crippen LogP contribution in [0, 0.1) is 0 Å². The minimum absolute atomic E-state index is 0.185. The standard InChI is InChI=1S/C28H33N7O3/c1-16(2)29-25-24-23(32-33-25)19(14-34-10-4-5-11-34)13-21(30-24)17-6-7-20-18(12-17)15-35(26(20)37)28(3)9-8-22(36)31-27(28)38/h6-7,12-13,16H,4-5,8-11,14-15H2,1-3H3,(H2,29,32,33)(H,31,36,38). The average molecular weight is 516 g/mol. The summed E-state index contributed by atoms with van der Waals surface area (Å²) in [7, 11) is 0. The minimum atomic E-state index is -1.06. The first-order valence-electron chi connectivity index (χ1n) is 13.4. The second kappa shape index (κ2) is 9.20. The van der Waals surface area contributed by atoms with E-state index in [4.69, 9.17) is 4.98 Å². The molecule has 10 heteroatoms. The van der Waals surface area contributed by atoms with E-state index in [1.165, 1.54) is 12.8 Å². The second-order valence-corrected chi connectivity index (χ2v) is 11.2. The molecule has 1 unspecified atom stereocenters. The Morgan fingerprint density at radius 1 is 1.13 bits per heavy atom. The van der Waals surface area contributed by atoms with Gasteiger partial charge in [-0.25, -0.2) is 4.98 Å². The van der Waals surface area contributed by atoms with Gasteiger partial charge in [0.25, 0.3) is 11.8 Å². The highest BCUT2D eigenvalue weighted by atomic mass is 16.2. The molecular weight excluding hydrogens is 482 g/mol. The lowest BCUT2D eigenvalue weighted by Gasteiger charge is -2.39. The largest absolute Gasteiger partial charge is 0.365 e. The van der Waals surface area contributed by atoms with Crippen LogP contribution >= 0.6 is 0 Å². The number of rotatable bonds is 6. The second-order valence-electron chi connectivity index (χ2n) is 11.2. The van der Waals surface area contributed by atoms with Crippen molar-refractivity contribution in [1.29, 1.82) is 0 Å². The van der Waals surface area contributed by atoms with Gasteiger partial charge in [-0.05, 0) is 82.4 Å². The number of imide groups is 1. The fraction of sp³-hybridized carbons (Fsp3) is 0.464. The number of carbonyl (C=O) groups excluding carboxylic acids is 3. The third-order valence-electron chi connectivity index (χ3n) is 8.00. The molecule has 3 aliphatic rings. The van der Waals surface area contributed by atoms with E-state index >= 15 is 0 Å². The van der Waals surface area contributed by atoms with Crippen molar-refractivity contribution < 1.29 is 14.4 Å². The van der Waals surface area contributed by atoms with Crippen LogP contribution in [0.1, 0.15) is 67.9 Å². The normalized spacial score (nSPS) is 22.0. The number of nitrogens with one attached hydrogen (secondary N) is 3. The molecule has 0 bridgehead atoms. The molecule has 0 aliphatic carbocycles. The molecule has 1 aromatic carbocycles. The number of pyridine rings is 1. The van der Waals surface area contributed by atoms with Crippen molar-refractivity contribution in [3.05, 3.63) is 41.0 Å². The van der Waals surface area contributed by atoms with Crippen molar-refractivity contribution in [2.24, 2.45) is 0 Å². The van der Waals surface area contributed by atoms with Gasteiger partial charge in [0.05, 0.1) is 11.2 Å². The topological polar surface area (TPSA) is 123 Å². The lowest BCUT2D eigenvalue weighted by molar-refractivity contribution is -0.142. The van der Waals surface area contributed by atoms with E-state index < -0.39 is 11.4 Å². The van der Waals surface area contributed by atoms with Crippen LogP contribution in [-0.4, -0.2) is 67.4 Å². The van der Waals surface area contributed by atoms with Crippen molar-refractivity contribution in [1.82, 2.24) is 30.3 Å². The predicted octanol–water partition coefficient (Wildman–Crippen LogP) is 3.19. The van der Waals surface area contributed by atoms with Gasteiger partial charge in [0.1, 0.15) is 11.1 Å². The van der Waals surface area contributed by atoms with E-state index in [1.807, 2.05) is 18.2 Å². The zero-order valence-corrected chi connectivity index (χ0v) is 22.1. The maximum absolute atomic E-state index is 13.3. The van der Waals surface area contributed by atoms with Gasteiger partial charge in [0.2, 0.25) is 5.91 Å². The third kappa shape index (κ3) is 4.13. The number of hydrogen-bond donors (Lipinski definition) is 3. The van der Waals surface area contributed by atoms with Gasteiger partial charge < -0.3 is 10.2 Å². The Kier molecular flexibility index (Phi) is 5.94. The highest BCUT2D eigenvalue weighted by molar-refractivity contribution is 6.07. The zero-order valence-electron chi connectivity index (χ0n) is 22.1. The Balaban J connectivity index is 1.37. The van der Waals surface area contributed by atoms with Gasteiger partial charge in [-0.1, -0.05) is 6.07 Å². The van der Waals surface area contributed by atoms with Gasteiger partial charge in [0.15, 0.2) is 5.82 Å². The molecule has 6 rings (SSSR count). The van der Waals surface area contributed by atoms with E-state index in [9.17, 15) is 14.4 Å². The van der Waals surface area contributed by atoms with Crippen LogP contribution in [0.25, 0.3) is 22.3 Å². The molecule has 2 aromatic heterocycles. The number of H-pyrrole nitrogens is 1. The van der Waals surface area contributed by atoms with E-state index in [0.29, 0.717) is 18.5 Å². The van der Waals surface area contributed by atoms with Crippen LogP contribution in [0.2, 0.25) is 0 Å². The number of aromatic amines is 1. The molecule has 5 heterocycles. The summed E-state index contributed by atoms with van der Waals surface area (Å²) in [6, 6.07) is 8.09. The summed E-state index contributed by atoms with van der Waals surface area (Å²) in [4.78, 5) is 46.8. The fourth-order valence-electron chi connectivity index (χ4n) is 5.82. The van der Waals surface area contributed by atoms with E-state index in [1.54, 1.807) is 11.8 Å². The summed E-state index contributed by atoms with van der Waals surface area (Å²) in [5.41, 5.74) is 5.01. The van der Waals surface area contributed by atoms with E-state index in [0.717, 1.165) is 58.9 Å². The summed E-state index contributed by atoms with van der Waals surface area (Å²) in [6.07, 6.45) is 2.96. The number of fused-ring (bicyclic) bond motifs is 2. The monoisotopic (exact) mass is 515 g/mol. The molecule has 2 fully saturated rings. The van der Waals surface area contributed by atoms with Crippen molar-refractivity contribution in [2.75, 3.05) is 18.4 Å². The van der Waals surface area contributed by atoms with Crippen LogP contribution in [-0.2, 0) is 22.7 Å². The van der Waals surface area contributed by atoms with Crippen molar-refractivity contribution in [2.45, 2.75) is 71.1 Å². The SMILES string of the molecule is CC(C)Nc1n[nH]c2c(CN3CCCC3)cc(-c3ccc4c(c3)CN(C3(C)CCC(=O)NC3=O)C4=O)nc12. The molecule has 10 nitrogen and oxygen atoms in total. The Labute approximate surface area is 221 Å². The summed E-state index contributed by atoms with van der Waals surface area (Å²) in [6.45, 7) is 9.18. The fourth-order valence-corrected chi connectivity index (χ4v) is 5.82. The smallest absolute Gasteiger partial charge is 0.255 e. The number of anilines is 1. The predicted molar refractivity (Wildman–Crippen MR) is 143 cm³/mol. The number of likely N-dealkylation sites (tertiary alicyclic amines) is 1. The van der Waals surface area contributed by atoms with Crippen LogP contribution < -0.4 is 10.6 Å². The molecule has 0 saturated carbocycles. The highest BCUT2D eigenvalue weighted by Gasteiger charge is 2.48. The number of aromatic nitrogens is 3. The number of benzene rings is 1. The van der Waals surface area contributed by atoms with Gasteiger partial charge in [-0.2, -0.15) is 5.10 Å². The third-order valence-corrected chi connectivity index (χ3v) is 8.00. The minimum Gasteiger partial charge on any atom is -0.365 e. The van der Waals surface area contributed by atoms with Crippen molar-refractivity contribution >= 4 is 34.6 Å². The van der Waals surface area contributed by atoms with Gasteiger partial charge >= 0.3 is 0 Å². The quantitative estimate of drug-likeness (QED) is 0.431. The molecule has 3 N–H and O–H groups in total. The molecule has 2 saturated heterocycles. The lowest BCUT2D eigenvalue weighted by atomic mass is 9.89. The van der Waals surface area contributed by atoms with Gasteiger partial charge in [0, 0.05) is 36.7 Å². The molecule has 0 radical (unpaired) electrons. The number of carbonyl (C=O) groups is 3. The summed E-state index contributed by atoms with van der Waals surface area (Å²) >= 11 is 0. The zero-order chi connectivity index (χ0) is 26.6. The summed E-state index contributed by atoms with van der Waals surface area (Å²) in [5, 5.41) is 13.5. The average Bonchev–Trinajstić information content (AvgIpc) is 3.61. The van der Waals surface area contributed by atoms with Crippen LogP contribution in [0.15, 0.2) is 24.3 Å². The molecule has 198 valence electrons. The Bertz CT molecular complexity index is 1460. The van der Waals surface area contributed by atoms with Crippen LogP contribution in [0.3, 0.4) is 0 Å². The maximum atomic E-state index is 13.3. The van der Waals surface area contributed by atoms with E-state index in [-0.39, 0.29) is 24.3 Å². The number of amides is 3. The number of nitrogens with zero attached hydrogens (tertiary/aromatic N) is 4. The van der Waals surface area contributed by atoms with Gasteiger partial charge in [-0.15, -0.1) is 0 Å². The Morgan fingerprint density at radius 2 is 1.92 bits per heavy atom. The molecule has 1 atom stereocenters. The Hall–Kier alpha value is -3.79. The molecule has 0 spiro atoms.